The average Bonchev–Trinajstić information content (AvgIpc) is 2.91. The summed E-state index contributed by atoms with van der Waals surface area (Å²) in [4.78, 5) is 4.48. The average molecular weight is 493 g/mol. The number of nitrogens with zero attached hydrogens (tertiary/aromatic N) is 3. The number of aromatic nitrogens is 2. The zero-order valence-corrected chi connectivity index (χ0v) is 16.5. The molecule has 3 nitrogen and oxygen atoms in total. The molecule has 1 aromatic heterocycles. The van der Waals surface area contributed by atoms with E-state index in [1.54, 1.807) is 6.20 Å². The maximum atomic E-state index is 9.26. The molecule has 1 heterocycles. The summed E-state index contributed by atoms with van der Waals surface area (Å²) in [6.45, 7) is 8.29. The van der Waals surface area contributed by atoms with Gasteiger partial charge in [0.15, 0.2) is 0 Å². The van der Waals surface area contributed by atoms with E-state index < -0.39 is 0 Å². The van der Waals surface area contributed by atoms with E-state index in [-0.39, 0.29) is 20.1 Å². The van der Waals surface area contributed by atoms with Crippen molar-refractivity contribution < 1.29 is 20.1 Å². The van der Waals surface area contributed by atoms with Gasteiger partial charge in [-0.15, -0.1) is 35.4 Å². The number of nitriles is 1. The molecule has 3 aromatic rings. The van der Waals surface area contributed by atoms with E-state index in [1.807, 2.05) is 29.7 Å². The van der Waals surface area contributed by atoms with Gasteiger partial charge >= 0.3 is 0 Å². The van der Waals surface area contributed by atoms with E-state index in [2.05, 4.69) is 50.0 Å². The van der Waals surface area contributed by atoms with Gasteiger partial charge in [-0.25, -0.2) is 0 Å². The third-order valence-electron chi connectivity index (χ3n) is 3.91. The topological polar surface area (TPSA) is 41.6 Å². The Bertz CT molecular complexity index is 892. The molecule has 2 aromatic carbocycles. The molecule has 0 spiro atoms. The van der Waals surface area contributed by atoms with Crippen molar-refractivity contribution in [3.63, 3.8) is 0 Å². The predicted octanol–water partition coefficient (Wildman–Crippen LogP) is 4.44. The Balaban J connectivity index is 0.00000208. The van der Waals surface area contributed by atoms with Gasteiger partial charge in [0, 0.05) is 32.0 Å². The van der Waals surface area contributed by atoms with Gasteiger partial charge in [-0.1, -0.05) is 24.6 Å². The number of rotatable bonds is 2. The van der Waals surface area contributed by atoms with Gasteiger partial charge in [0.25, 0.3) is 0 Å². The van der Waals surface area contributed by atoms with E-state index in [0.717, 1.165) is 33.8 Å². The van der Waals surface area contributed by atoms with E-state index in [9.17, 15) is 5.26 Å². The normalized spacial score (nSPS) is 10.1. The van der Waals surface area contributed by atoms with Crippen LogP contribution in [0.15, 0.2) is 36.5 Å². The van der Waals surface area contributed by atoms with Crippen LogP contribution in [0.2, 0.25) is 0 Å². The summed E-state index contributed by atoms with van der Waals surface area (Å²) in [6.07, 6.45) is 1.80. The summed E-state index contributed by atoms with van der Waals surface area (Å²) in [5.41, 5.74) is 7.08. The maximum absolute atomic E-state index is 9.26. The second kappa shape index (κ2) is 7.13. The zero-order valence-electron chi connectivity index (χ0n) is 14.1. The van der Waals surface area contributed by atoms with Crippen LogP contribution < -0.4 is 0 Å². The van der Waals surface area contributed by atoms with Gasteiger partial charge in [-0.05, 0) is 31.9 Å². The van der Waals surface area contributed by atoms with Gasteiger partial charge < -0.3 is 4.57 Å². The molecule has 3 rings (SSSR count). The van der Waals surface area contributed by atoms with Crippen LogP contribution in [-0.4, -0.2) is 9.55 Å². The Morgan fingerprint density at radius 3 is 2.25 bits per heavy atom. The van der Waals surface area contributed by atoms with E-state index in [1.165, 1.54) is 5.56 Å². The SMILES string of the molecule is Cc1c[c-]c(-c2nc(C#N)cn2-c2c(C)cc(C)cc2C)cc1.[Ir]. The molecule has 1 radical (unpaired) electrons. The van der Waals surface area contributed by atoms with Crippen LogP contribution in [0.1, 0.15) is 27.9 Å². The molecule has 0 N–H and O–H groups in total. The molecule has 0 aliphatic heterocycles. The molecule has 0 fully saturated rings. The molecule has 123 valence electrons. The van der Waals surface area contributed by atoms with Crippen molar-refractivity contribution in [2.24, 2.45) is 0 Å². The van der Waals surface area contributed by atoms with Crippen molar-refractivity contribution >= 4 is 0 Å². The van der Waals surface area contributed by atoms with Crippen molar-refractivity contribution in [3.05, 3.63) is 70.5 Å². The summed E-state index contributed by atoms with van der Waals surface area (Å²) in [7, 11) is 0. The Morgan fingerprint density at radius 2 is 1.71 bits per heavy atom. The Labute approximate surface area is 156 Å². The molecule has 0 saturated heterocycles. The molecule has 0 atom stereocenters. The van der Waals surface area contributed by atoms with Gasteiger partial charge in [0.05, 0.1) is 5.82 Å². The van der Waals surface area contributed by atoms with Gasteiger partial charge in [0.1, 0.15) is 11.8 Å². The molecule has 0 aliphatic carbocycles. The monoisotopic (exact) mass is 493 g/mol. The van der Waals surface area contributed by atoms with E-state index >= 15 is 0 Å². The van der Waals surface area contributed by atoms with Crippen LogP contribution >= 0.6 is 0 Å². The minimum absolute atomic E-state index is 0. The minimum Gasteiger partial charge on any atom is -0.338 e. The number of aryl methyl sites for hydroxylation is 4. The van der Waals surface area contributed by atoms with Crippen LogP contribution in [0.4, 0.5) is 0 Å². The number of benzene rings is 2. The Hall–Kier alpha value is -2.21. The number of hydrogen-bond donors (Lipinski definition) is 0. The maximum Gasteiger partial charge on any atom is 0.148 e. The molecule has 0 aliphatic rings. The predicted molar refractivity (Wildman–Crippen MR) is 91.5 cm³/mol. The summed E-state index contributed by atoms with van der Waals surface area (Å²) in [5.74, 6) is 0.747. The summed E-state index contributed by atoms with van der Waals surface area (Å²) in [5, 5.41) is 9.26. The van der Waals surface area contributed by atoms with Crippen molar-refractivity contribution in [2.45, 2.75) is 27.7 Å². The molecular weight excluding hydrogens is 474 g/mol. The van der Waals surface area contributed by atoms with Gasteiger partial charge in [-0.3, -0.25) is 4.98 Å². The third kappa shape index (κ3) is 3.33. The molecule has 24 heavy (non-hydrogen) atoms. The van der Waals surface area contributed by atoms with Crippen LogP contribution in [-0.2, 0) is 20.1 Å². The molecular formula is C20H18IrN3-. The standard InChI is InChI=1S/C20H18N3.Ir/c1-13-5-7-17(8-6-13)20-22-18(11-21)12-23(20)19-15(3)9-14(2)10-16(19)4;/h5-7,9-10,12H,1-4H3;/q-1;. The quantitative estimate of drug-likeness (QED) is 0.497. The number of imidazole rings is 1. The first-order chi connectivity index (χ1) is 11.0. The molecule has 0 saturated carbocycles. The molecule has 0 unspecified atom stereocenters. The molecule has 0 amide bonds. The summed E-state index contributed by atoms with van der Waals surface area (Å²) < 4.78 is 2.00. The Morgan fingerprint density at radius 1 is 1.04 bits per heavy atom. The van der Waals surface area contributed by atoms with Crippen LogP contribution in [0.3, 0.4) is 0 Å². The first-order valence-corrected chi connectivity index (χ1v) is 7.56. The smallest absolute Gasteiger partial charge is 0.148 e. The fourth-order valence-corrected chi connectivity index (χ4v) is 2.99. The second-order valence-corrected chi connectivity index (χ2v) is 5.96. The van der Waals surface area contributed by atoms with Crippen LogP contribution in [0, 0.1) is 45.1 Å². The van der Waals surface area contributed by atoms with Crippen LogP contribution in [0.5, 0.6) is 0 Å². The fraction of sp³-hybridized carbons (Fsp3) is 0.200. The van der Waals surface area contributed by atoms with Crippen molar-refractivity contribution in [1.82, 2.24) is 9.55 Å². The minimum atomic E-state index is 0. The second-order valence-electron chi connectivity index (χ2n) is 5.96. The van der Waals surface area contributed by atoms with Gasteiger partial charge in [0.2, 0.25) is 0 Å². The number of hydrogen-bond acceptors (Lipinski definition) is 2. The van der Waals surface area contributed by atoms with Crippen LogP contribution in [0.25, 0.3) is 17.1 Å². The molecule has 0 bridgehead atoms. The van der Waals surface area contributed by atoms with E-state index in [0.29, 0.717) is 5.69 Å². The molecule has 4 heteroatoms. The summed E-state index contributed by atoms with van der Waals surface area (Å²) >= 11 is 0. The third-order valence-corrected chi connectivity index (χ3v) is 3.91. The van der Waals surface area contributed by atoms with Crippen molar-refractivity contribution in [1.29, 1.82) is 5.26 Å². The zero-order chi connectivity index (χ0) is 16.6. The van der Waals surface area contributed by atoms with Crippen molar-refractivity contribution in [3.8, 4) is 23.1 Å². The van der Waals surface area contributed by atoms with Crippen molar-refractivity contribution in [2.75, 3.05) is 0 Å². The summed E-state index contributed by atoms with van der Waals surface area (Å²) in [6, 6.07) is 15.7. The van der Waals surface area contributed by atoms with E-state index in [4.69, 9.17) is 0 Å². The fourth-order valence-electron chi connectivity index (χ4n) is 2.99. The largest absolute Gasteiger partial charge is 0.338 e. The first-order valence-electron chi connectivity index (χ1n) is 7.56. The van der Waals surface area contributed by atoms with Gasteiger partial charge in [-0.2, -0.15) is 5.26 Å². The first kappa shape index (κ1) is 18.1. The Kier molecular flexibility index (Phi) is 5.39.